The van der Waals surface area contributed by atoms with Gasteiger partial charge in [-0.05, 0) is 52.4 Å². The van der Waals surface area contributed by atoms with E-state index >= 15 is 0 Å². The Morgan fingerprint density at radius 1 is 1.25 bits per heavy atom. The minimum absolute atomic E-state index is 0.299. The minimum Gasteiger partial charge on any atom is -0.388 e. The van der Waals surface area contributed by atoms with E-state index in [1.807, 2.05) is 0 Å². The van der Waals surface area contributed by atoms with Crippen molar-refractivity contribution in [1.82, 2.24) is 0 Å². The molecule has 1 aromatic carbocycles. The van der Waals surface area contributed by atoms with E-state index in [9.17, 15) is 9.50 Å². The van der Waals surface area contributed by atoms with Crippen LogP contribution in [0, 0.1) is 11.7 Å². The molecule has 1 unspecified atom stereocenters. The van der Waals surface area contributed by atoms with E-state index in [2.05, 4.69) is 15.9 Å². The highest BCUT2D eigenvalue weighted by Crippen LogP contribution is 2.35. The summed E-state index contributed by atoms with van der Waals surface area (Å²) >= 11 is 3.12. The van der Waals surface area contributed by atoms with Crippen molar-refractivity contribution in [2.75, 3.05) is 0 Å². The van der Waals surface area contributed by atoms with Gasteiger partial charge < -0.3 is 5.11 Å². The lowest BCUT2D eigenvalue weighted by Crippen LogP contribution is -2.16. The minimum atomic E-state index is -0.511. The van der Waals surface area contributed by atoms with Crippen molar-refractivity contribution in [2.24, 2.45) is 5.92 Å². The standard InChI is InChI=1S/C13H16BrFO/c14-11-7-6-10(8-12(11)15)13(16)9-4-2-1-3-5-9/h6-9,13,16H,1-5H2. The molecule has 16 heavy (non-hydrogen) atoms. The van der Waals surface area contributed by atoms with E-state index in [0.717, 1.165) is 12.8 Å². The zero-order valence-electron chi connectivity index (χ0n) is 9.13. The summed E-state index contributed by atoms with van der Waals surface area (Å²) in [5.74, 6) is 0.00156. The Morgan fingerprint density at radius 2 is 1.94 bits per heavy atom. The predicted octanol–water partition coefficient (Wildman–Crippen LogP) is 4.20. The molecule has 1 atom stereocenters. The molecule has 3 heteroatoms. The molecule has 2 rings (SSSR count). The molecule has 0 heterocycles. The summed E-state index contributed by atoms with van der Waals surface area (Å²) in [4.78, 5) is 0. The Hall–Kier alpha value is -0.410. The molecule has 1 saturated carbocycles. The van der Waals surface area contributed by atoms with Gasteiger partial charge in [-0.2, -0.15) is 0 Å². The van der Waals surface area contributed by atoms with Crippen molar-refractivity contribution in [3.63, 3.8) is 0 Å². The van der Waals surface area contributed by atoms with Crippen molar-refractivity contribution < 1.29 is 9.50 Å². The van der Waals surface area contributed by atoms with Crippen molar-refractivity contribution in [2.45, 2.75) is 38.2 Å². The van der Waals surface area contributed by atoms with Gasteiger partial charge in [0.05, 0.1) is 10.6 Å². The van der Waals surface area contributed by atoms with Crippen molar-refractivity contribution in [1.29, 1.82) is 0 Å². The number of halogens is 2. The molecule has 88 valence electrons. The van der Waals surface area contributed by atoms with Crippen molar-refractivity contribution in [3.05, 3.63) is 34.1 Å². The third kappa shape index (κ3) is 2.64. The van der Waals surface area contributed by atoms with Crippen molar-refractivity contribution in [3.8, 4) is 0 Å². The smallest absolute Gasteiger partial charge is 0.137 e. The van der Waals surface area contributed by atoms with Crippen LogP contribution in [0.4, 0.5) is 4.39 Å². The number of aliphatic hydroxyl groups excluding tert-OH is 1. The van der Waals surface area contributed by atoms with Gasteiger partial charge in [-0.1, -0.05) is 25.3 Å². The second kappa shape index (κ2) is 5.28. The lowest BCUT2D eigenvalue weighted by atomic mass is 9.83. The first kappa shape index (κ1) is 12.1. The summed E-state index contributed by atoms with van der Waals surface area (Å²) in [5, 5.41) is 10.2. The first-order chi connectivity index (χ1) is 7.68. The molecule has 0 spiro atoms. The summed E-state index contributed by atoms with van der Waals surface area (Å²) in [7, 11) is 0. The fraction of sp³-hybridized carbons (Fsp3) is 0.538. The average Bonchev–Trinajstić information content (AvgIpc) is 2.33. The van der Waals surface area contributed by atoms with Crippen LogP contribution >= 0.6 is 15.9 Å². The average molecular weight is 287 g/mol. The lowest BCUT2D eigenvalue weighted by Gasteiger charge is -2.26. The fourth-order valence-electron chi connectivity index (χ4n) is 2.42. The summed E-state index contributed by atoms with van der Waals surface area (Å²) in [5.41, 5.74) is 0.701. The van der Waals surface area contributed by atoms with E-state index in [1.165, 1.54) is 25.3 Å². The molecule has 1 aliphatic rings. The van der Waals surface area contributed by atoms with Gasteiger partial charge in [-0.3, -0.25) is 0 Å². The van der Waals surface area contributed by atoms with Gasteiger partial charge in [0, 0.05) is 0 Å². The van der Waals surface area contributed by atoms with Crippen LogP contribution in [-0.2, 0) is 0 Å². The van der Waals surface area contributed by atoms with E-state index < -0.39 is 6.10 Å². The van der Waals surface area contributed by atoms with Gasteiger partial charge in [-0.15, -0.1) is 0 Å². The molecule has 1 aromatic rings. The second-order valence-corrected chi connectivity index (χ2v) is 5.37. The maximum atomic E-state index is 13.3. The van der Waals surface area contributed by atoms with Crippen LogP contribution in [0.3, 0.4) is 0 Å². The number of hydrogen-bond acceptors (Lipinski definition) is 1. The largest absolute Gasteiger partial charge is 0.388 e. The zero-order chi connectivity index (χ0) is 11.5. The molecule has 1 aliphatic carbocycles. The Kier molecular flexibility index (Phi) is 3.98. The monoisotopic (exact) mass is 286 g/mol. The van der Waals surface area contributed by atoms with Gasteiger partial charge in [0.15, 0.2) is 0 Å². The van der Waals surface area contributed by atoms with Crippen LogP contribution in [0.15, 0.2) is 22.7 Å². The predicted molar refractivity (Wildman–Crippen MR) is 65.6 cm³/mol. The Balaban J connectivity index is 2.12. The fourth-order valence-corrected chi connectivity index (χ4v) is 2.67. The van der Waals surface area contributed by atoms with Crippen molar-refractivity contribution >= 4 is 15.9 Å². The third-order valence-electron chi connectivity index (χ3n) is 3.38. The lowest BCUT2D eigenvalue weighted by molar-refractivity contribution is 0.0845. The summed E-state index contributed by atoms with van der Waals surface area (Å²) in [6.45, 7) is 0. The highest BCUT2D eigenvalue weighted by molar-refractivity contribution is 9.10. The van der Waals surface area contributed by atoms with E-state index in [-0.39, 0.29) is 5.82 Å². The van der Waals surface area contributed by atoms with Crippen LogP contribution in [0.1, 0.15) is 43.8 Å². The number of rotatable bonds is 2. The van der Waals surface area contributed by atoms with E-state index in [1.54, 1.807) is 12.1 Å². The first-order valence-corrected chi connectivity index (χ1v) is 6.61. The van der Waals surface area contributed by atoms with Gasteiger partial charge in [0.2, 0.25) is 0 Å². The molecule has 0 radical (unpaired) electrons. The van der Waals surface area contributed by atoms with Gasteiger partial charge >= 0.3 is 0 Å². The topological polar surface area (TPSA) is 20.2 Å². The first-order valence-electron chi connectivity index (χ1n) is 5.81. The molecule has 0 saturated heterocycles. The highest BCUT2D eigenvalue weighted by atomic mass is 79.9. The summed E-state index contributed by atoms with van der Waals surface area (Å²) in [6.07, 6.45) is 5.22. The molecule has 0 bridgehead atoms. The third-order valence-corrected chi connectivity index (χ3v) is 4.02. The van der Waals surface area contributed by atoms with Gasteiger partial charge in [0.1, 0.15) is 5.82 Å². The number of hydrogen-bond donors (Lipinski definition) is 1. The molecular weight excluding hydrogens is 271 g/mol. The maximum absolute atomic E-state index is 13.3. The van der Waals surface area contributed by atoms with Crippen LogP contribution < -0.4 is 0 Å². The van der Waals surface area contributed by atoms with Gasteiger partial charge in [0.25, 0.3) is 0 Å². The maximum Gasteiger partial charge on any atom is 0.137 e. The van der Waals surface area contributed by atoms with Crippen LogP contribution in [0.25, 0.3) is 0 Å². The van der Waals surface area contributed by atoms with Crippen LogP contribution in [0.5, 0.6) is 0 Å². The molecule has 1 fully saturated rings. The molecule has 0 aromatic heterocycles. The van der Waals surface area contributed by atoms with Crippen LogP contribution in [0.2, 0.25) is 0 Å². The van der Waals surface area contributed by atoms with Gasteiger partial charge in [-0.25, -0.2) is 4.39 Å². The van der Waals surface area contributed by atoms with E-state index in [4.69, 9.17) is 0 Å². The highest BCUT2D eigenvalue weighted by Gasteiger charge is 2.23. The molecular formula is C13H16BrFO. The zero-order valence-corrected chi connectivity index (χ0v) is 10.7. The number of aliphatic hydroxyl groups is 1. The van der Waals surface area contributed by atoms with Crippen LogP contribution in [-0.4, -0.2) is 5.11 Å². The Bertz CT molecular complexity index is 361. The Morgan fingerprint density at radius 3 is 2.56 bits per heavy atom. The Labute approximate surface area is 104 Å². The quantitative estimate of drug-likeness (QED) is 0.864. The molecule has 1 N–H and O–H groups in total. The number of benzene rings is 1. The second-order valence-electron chi connectivity index (χ2n) is 4.52. The molecule has 0 aliphatic heterocycles. The summed E-state index contributed by atoms with van der Waals surface area (Å²) < 4.78 is 13.8. The summed E-state index contributed by atoms with van der Waals surface area (Å²) in [6, 6.07) is 4.90. The molecule has 0 amide bonds. The molecule has 1 nitrogen and oxygen atoms in total. The van der Waals surface area contributed by atoms with E-state index in [0.29, 0.717) is 16.0 Å². The SMILES string of the molecule is OC(c1ccc(Br)c(F)c1)C1CCCCC1. The normalized spacial score (nSPS) is 19.7.